The van der Waals surface area contributed by atoms with Gasteiger partial charge in [0.25, 0.3) is 0 Å². The first-order chi connectivity index (χ1) is 7.93. The highest BCUT2D eigenvalue weighted by Gasteiger charge is 2.33. The summed E-state index contributed by atoms with van der Waals surface area (Å²) in [6.07, 6.45) is 0. The molecule has 0 saturated carbocycles. The van der Waals surface area contributed by atoms with Crippen molar-refractivity contribution in [2.45, 2.75) is 17.9 Å². The van der Waals surface area contributed by atoms with E-state index in [1.165, 1.54) is 10.4 Å². The minimum atomic E-state index is -3.53. The normalized spacial score (nSPS) is 21.6. The summed E-state index contributed by atoms with van der Waals surface area (Å²) in [5.41, 5.74) is 0. The Balaban J connectivity index is 0.00000162. The molecule has 2 heterocycles. The molecule has 0 aliphatic carbocycles. The van der Waals surface area contributed by atoms with Crippen molar-refractivity contribution < 1.29 is 8.42 Å². The Hall–Kier alpha value is 0.440. The van der Waals surface area contributed by atoms with Gasteiger partial charge in [0, 0.05) is 25.7 Å². The molecule has 0 spiro atoms. The van der Waals surface area contributed by atoms with E-state index in [4.69, 9.17) is 23.2 Å². The van der Waals surface area contributed by atoms with Crippen molar-refractivity contribution in [1.29, 1.82) is 0 Å². The summed E-state index contributed by atoms with van der Waals surface area (Å²) < 4.78 is 26.9. The quantitative estimate of drug-likeness (QED) is 0.890. The molecular weight excluding hydrogens is 339 g/mol. The Morgan fingerprint density at radius 2 is 2.17 bits per heavy atom. The van der Waals surface area contributed by atoms with Crippen molar-refractivity contribution in [3.63, 3.8) is 0 Å². The minimum absolute atomic E-state index is 0. The third kappa shape index (κ3) is 3.12. The van der Waals surface area contributed by atoms with Crippen LogP contribution in [0.2, 0.25) is 8.67 Å². The molecule has 1 aromatic heterocycles. The van der Waals surface area contributed by atoms with E-state index in [-0.39, 0.29) is 27.7 Å². The lowest BCUT2D eigenvalue weighted by atomic mass is 10.3. The molecule has 2 rings (SSSR count). The molecule has 9 heteroatoms. The van der Waals surface area contributed by atoms with Gasteiger partial charge in [-0.2, -0.15) is 4.31 Å². The minimum Gasteiger partial charge on any atom is -0.314 e. The van der Waals surface area contributed by atoms with Crippen LogP contribution in [0.4, 0.5) is 0 Å². The van der Waals surface area contributed by atoms with E-state index >= 15 is 0 Å². The lowest BCUT2D eigenvalue weighted by Gasteiger charge is -2.32. The number of piperazine rings is 1. The van der Waals surface area contributed by atoms with Crippen molar-refractivity contribution in [3.8, 4) is 0 Å². The van der Waals surface area contributed by atoms with Crippen LogP contribution in [0.5, 0.6) is 0 Å². The van der Waals surface area contributed by atoms with E-state index < -0.39 is 10.0 Å². The van der Waals surface area contributed by atoms with Crippen LogP contribution in [0.1, 0.15) is 6.92 Å². The van der Waals surface area contributed by atoms with E-state index in [9.17, 15) is 8.42 Å². The first kappa shape index (κ1) is 16.5. The van der Waals surface area contributed by atoms with Gasteiger partial charge in [0.2, 0.25) is 10.0 Å². The Labute approximate surface area is 127 Å². The van der Waals surface area contributed by atoms with Crippen LogP contribution in [0.3, 0.4) is 0 Å². The van der Waals surface area contributed by atoms with Crippen molar-refractivity contribution >= 4 is 57.0 Å². The predicted molar refractivity (Wildman–Crippen MR) is 77.8 cm³/mol. The lowest BCUT2D eigenvalue weighted by Crippen LogP contribution is -2.52. The molecule has 0 bridgehead atoms. The summed E-state index contributed by atoms with van der Waals surface area (Å²) in [6.45, 7) is 3.62. The van der Waals surface area contributed by atoms with Gasteiger partial charge in [-0.05, 0) is 13.0 Å². The molecule has 0 amide bonds. The lowest BCUT2D eigenvalue weighted by molar-refractivity contribution is 0.284. The van der Waals surface area contributed by atoms with Gasteiger partial charge in [-0.1, -0.05) is 23.2 Å². The summed E-state index contributed by atoms with van der Waals surface area (Å²) in [4.78, 5) is 0.114. The van der Waals surface area contributed by atoms with Crippen LogP contribution in [0.15, 0.2) is 11.0 Å². The first-order valence-electron chi connectivity index (χ1n) is 5.10. The molecule has 104 valence electrons. The third-order valence-electron chi connectivity index (χ3n) is 2.65. The van der Waals surface area contributed by atoms with Gasteiger partial charge in [-0.3, -0.25) is 0 Å². The van der Waals surface area contributed by atoms with Gasteiger partial charge in [0.05, 0.1) is 4.34 Å². The molecular formula is C9H13Cl3N2O2S2. The Bertz CT molecular complexity index is 518. The van der Waals surface area contributed by atoms with E-state index in [0.717, 1.165) is 11.3 Å². The molecule has 1 aromatic rings. The monoisotopic (exact) mass is 350 g/mol. The average Bonchev–Trinajstić information content (AvgIpc) is 2.59. The fraction of sp³-hybridized carbons (Fsp3) is 0.556. The molecule has 4 nitrogen and oxygen atoms in total. The number of nitrogens with one attached hydrogen (secondary N) is 1. The van der Waals surface area contributed by atoms with Gasteiger partial charge >= 0.3 is 0 Å². The number of halogens is 3. The maximum Gasteiger partial charge on any atom is 0.245 e. The van der Waals surface area contributed by atoms with Crippen LogP contribution in [0, 0.1) is 0 Å². The van der Waals surface area contributed by atoms with Crippen molar-refractivity contribution in [2.24, 2.45) is 0 Å². The van der Waals surface area contributed by atoms with E-state index in [2.05, 4.69) is 5.32 Å². The molecule has 0 aromatic carbocycles. The molecule has 1 fully saturated rings. The van der Waals surface area contributed by atoms with Crippen molar-refractivity contribution in [3.05, 3.63) is 14.7 Å². The maximum atomic E-state index is 12.4. The number of rotatable bonds is 2. The summed E-state index contributed by atoms with van der Waals surface area (Å²) >= 11 is 12.8. The van der Waals surface area contributed by atoms with Gasteiger partial charge in [-0.15, -0.1) is 23.7 Å². The van der Waals surface area contributed by atoms with Gasteiger partial charge < -0.3 is 5.32 Å². The van der Waals surface area contributed by atoms with Gasteiger partial charge in [0.15, 0.2) is 0 Å². The fourth-order valence-corrected chi connectivity index (χ4v) is 5.55. The van der Waals surface area contributed by atoms with Crippen molar-refractivity contribution in [1.82, 2.24) is 9.62 Å². The highest BCUT2D eigenvalue weighted by molar-refractivity contribution is 7.89. The van der Waals surface area contributed by atoms with Crippen LogP contribution in [0.25, 0.3) is 0 Å². The highest BCUT2D eigenvalue weighted by atomic mass is 35.5. The van der Waals surface area contributed by atoms with Crippen molar-refractivity contribution in [2.75, 3.05) is 19.6 Å². The Morgan fingerprint density at radius 3 is 2.67 bits per heavy atom. The number of hydrogen-bond acceptors (Lipinski definition) is 4. The molecule has 0 radical (unpaired) electrons. The van der Waals surface area contributed by atoms with Crippen LogP contribution in [-0.2, 0) is 10.0 Å². The summed E-state index contributed by atoms with van der Waals surface area (Å²) in [5, 5.41) is 3.15. The van der Waals surface area contributed by atoms with E-state index in [1.54, 1.807) is 0 Å². The summed E-state index contributed by atoms with van der Waals surface area (Å²) in [6, 6.07) is 1.34. The molecule has 18 heavy (non-hydrogen) atoms. The highest BCUT2D eigenvalue weighted by Crippen LogP contribution is 2.36. The Kier molecular flexibility index (Phi) is 5.74. The summed E-state index contributed by atoms with van der Waals surface area (Å²) in [5.74, 6) is 0. The maximum absolute atomic E-state index is 12.4. The fourth-order valence-electron chi connectivity index (χ4n) is 1.81. The van der Waals surface area contributed by atoms with E-state index in [0.29, 0.717) is 24.0 Å². The average molecular weight is 352 g/mol. The molecule has 1 saturated heterocycles. The summed E-state index contributed by atoms with van der Waals surface area (Å²) in [7, 11) is -3.53. The SMILES string of the molecule is C[C@@H]1CNCCN1S(=O)(=O)c1cc(Cl)sc1Cl.Cl. The second-order valence-corrected chi connectivity index (χ2v) is 8.00. The molecule has 1 aliphatic heterocycles. The number of thiophene rings is 1. The zero-order valence-electron chi connectivity index (χ0n) is 9.52. The van der Waals surface area contributed by atoms with Crippen LogP contribution >= 0.6 is 46.9 Å². The van der Waals surface area contributed by atoms with Gasteiger partial charge in [0.1, 0.15) is 9.23 Å². The van der Waals surface area contributed by atoms with Crippen LogP contribution in [-0.4, -0.2) is 38.4 Å². The topological polar surface area (TPSA) is 49.4 Å². The predicted octanol–water partition coefficient (Wildman–Crippen LogP) is 2.46. The number of hydrogen-bond donors (Lipinski definition) is 1. The molecule has 1 aliphatic rings. The number of nitrogens with zero attached hydrogens (tertiary/aromatic N) is 1. The smallest absolute Gasteiger partial charge is 0.245 e. The largest absolute Gasteiger partial charge is 0.314 e. The molecule has 1 N–H and O–H groups in total. The van der Waals surface area contributed by atoms with Crippen LogP contribution < -0.4 is 5.32 Å². The number of sulfonamides is 1. The molecule has 1 atom stereocenters. The van der Waals surface area contributed by atoms with Gasteiger partial charge in [-0.25, -0.2) is 8.42 Å². The zero-order chi connectivity index (χ0) is 12.6. The Morgan fingerprint density at radius 1 is 1.50 bits per heavy atom. The second kappa shape index (κ2) is 6.26. The first-order valence-corrected chi connectivity index (χ1v) is 8.11. The second-order valence-electron chi connectivity index (χ2n) is 3.86. The zero-order valence-corrected chi connectivity index (χ0v) is 13.5. The van der Waals surface area contributed by atoms with E-state index in [1.807, 2.05) is 6.92 Å². The third-order valence-corrected chi connectivity index (χ3v) is 6.42. The molecule has 0 unspecified atom stereocenters. The standard InChI is InChI=1S/C9H12Cl2N2O2S2.ClH/c1-6-5-12-2-3-13(6)17(14,15)7-4-8(10)16-9(7)11;/h4,6,12H,2-3,5H2,1H3;1H/t6-;/m1./s1.